The molecule has 0 radical (unpaired) electrons. The molecule has 4 aliphatic rings. The third-order valence-corrected chi connectivity index (χ3v) is 6.74. The van der Waals surface area contributed by atoms with Gasteiger partial charge in [-0.2, -0.15) is 0 Å². The lowest BCUT2D eigenvalue weighted by molar-refractivity contribution is -0.0556. The largest absolute Gasteiger partial charge is 0.494 e. The summed E-state index contributed by atoms with van der Waals surface area (Å²) in [7, 11) is -0.359. The molecule has 1 spiro atoms. The Morgan fingerprint density at radius 3 is 2.44 bits per heavy atom. The summed E-state index contributed by atoms with van der Waals surface area (Å²) in [5.74, 6) is 1.04. The number of nitrogens with one attached hydrogen (secondary N) is 2. The number of benzene rings is 1. The highest BCUT2D eigenvalue weighted by atomic mass is 16.7. The summed E-state index contributed by atoms with van der Waals surface area (Å²) < 4.78 is 18.0. The Hall–Kier alpha value is -1.41. The van der Waals surface area contributed by atoms with Gasteiger partial charge in [0, 0.05) is 11.3 Å². The summed E-state index contributed by atoms with van der Waals surface area (Å²) in [5, 5.41) is 7.14. The van der Waals surface area contributed by atoms with E-state index in [1.807, 2.05) is 0 Å². The molecule has 1 atom stereocenters. The smallest absolute Gasteiger partial charge is 0.399 e. The van der Waals surface area contributed by atoms with Crippen LogP contribution in [0, 0.1) is 0 Å². The molecule has 4 heterocycles. The van der Waals surface area contributed by atoms with Crippen LogP contribution in [0.4, 0.5) is 5.69 Å². The number of anilines is 1. The fourth-order valence-corrected chi connectivity index (χ4v) is 4.25. The molecular formula is C20H28BN3O3. The number of fused-ring (bicyclic) bond motifs is 2. The fourth-order valence-electron chi connectivity index (χ4n) is 4.25. The van der Waals surface area contributed by atoms with E-state index in [4.69, 9.17) is 19.0 Å². The van der Waals surface area contributed by atoms with Crippen molar-refractivity contribution in [3.8, 4) is 0 Å². The zero-order valence-corrected chi connectivity index (χ0v) is 16.6. The van der Waals surface area contributed by atoms with Crippen molar-refractivity contribution in [1.29, 1.82) is 0 Å². The van der Waals surface area contributed by atoms with E-state index < -0.39 is 0 Å². The first-order valence-electron chi connectivity index (χ1n) is 9.98. The van der Waals surface area contributed by atoms with Gasteiger partial charge in [0.2, 0.25) is 0 Å². The highest BCUT2D eigenvalue weighted by Gasteiger charge is 2.52. The molecule has 3 fully saturated rings. The Morgan fingerprint density at radius 1 is 1.11 bits per heavy atom. The van der Waals surface area contributed by atoms with Crippen LogP contribution >= 0.6 is 0 Å². The highest BCUT2D eigenvalue weighted by molar-refractivity contribution is 6.62. The van der Waals surface area contributed by atoms with Gasteiger partial charge in [-0.25, -0.2) is 0 Å². The van der Waals surface area contributed by atoms with Crippen molar-refractivity contribution in [3.05, 3.63) is 23.8 Å². The summed E-state index contributed by atoms with van der Waals surface area (Å²) in [6.45, 7) is 10.7. The molecule has 3 saturated heterocycles. The van der Waals surface area contributed by atoms with Gasteiger partial charge in [-0.1, -0.05) is 12.1 Å². The average Bonchev–Trinajstić information content (AvgIpc) is 3.18. The van der Waals surface area contributed by atoms with Crippen molar-refractivity contribution >= 4 is 24.1 Å². The van der Waals surface area contributed by atoms with E-state index in [0.717, 1.165) is 30.0 Å². The molecule has 1 unspecified atom stereocenters. The van der Waals surface area contributed by atoms with Crippen LogP contribution in [0.15, 0.2) is 23.2 Å². The van der Waals surface area contributed by atoms with E-state index >= 15 is 0 Å². The highest BCUT2D eigenvalue weighted by Crippen LogP contribution is 2.42. The molecule has 6 nitrogen and oxygen atoms in total. The molecule has 0 saturated carbocycles. The standard InChI is InChI=1S/C20H28BN3O3/c1-18(2)19(3,4)27-21(26-18)13-7-8-14-16(10-13)23-17(15-6-5-9-22-15)24-20(14)11-25-12-20/h7-8,10,15,22H,5-6,9,11-12H2,1-4H3,(H,23,24). The lowest BCUT2D eigenvalue weighted by atomic mass is 9.76. The minimum Gasteiger partial charge on any atom is -0.399 e. The Morgan fingerprint density at radius 2 is 1.85 bits per heavy atom. The zero-order valence-electron chi connectivity index (χ0n) is 16.6. The molecule has 0 amide bonds. The summed E-state index contributed by atoms with van der Waals surface area (Å²) in [6, 6.07) is 6.74. The maximum Gasteiger partial charge on any atom is 0.494 e. The molecule has 144 valence electrons. The van der Waals surface area contributed by atoms with Crippen molar-refractivity contribution in [3.63, 3.8) is 0 Å². The number of hydrogen-bond acceptors (Lipinski definition) is 6. The van der Waals surface area contributed by atoms with Crippen molar-refractivity contribution < 1.29 is 14.0 Å². The Balaban J connectivity index is 1.48. The first kappa shape index (κ1) is 17.7. The van der Waals surface area contributed by atoms with Crippen molar-refractivity contribution in [1.82, 2.24) is 5.32 Å². The first-order valence-corrected chi connectivity index (χ1v) is 9.98. The van der Waals surface area contributed by atoms with Crippen LogP contribution in [0.3, 0.4) is 0 Å². The number of aliphatic imine (C=N–C) groups is 1. The van der Waals surface area contributed by atoms with Crippen LogP contribution < -0.4 is 16.1 Å². The molecule has 5 rings (SSSR count). The second kappa shape index (κ2) is 5.80. The second-order valence-electron chi connectivity index (χ2n) is 9.19. The predicted molar refractivity (Wildman–Crippen MR) is 107 cm³/mol. The number of amidine groups is 1. The van der Waals surface area contributed by atoms with Gasteiger partial charge in [0.15, 0.2) is 0 Å². The van der Waals surface area contributed by atoms with E-state index in [0.29, 0.717) is 19.3 Å². The zero-order chi connectivity index (χ0) is 18.9. The molecule has 1 aromatic carbocycles. The van der Waals surface area contributed by atoms with Gasteiger partial charge >= 0.3 is 7.12 Å². The third-order valence-electron chi connectivity index (χ3n) is 6.74. The van der Waals surface area contributed by atoms with Gasteiger partial charge in [-0.05, 0) is 58.6 Å². The quantitative estimate of drug-likeness (QED) is 0.779. The summed E-state index contributed by atoms with van der Waals surface area (Å²) in [6.07, 6.45) is 2.31. The van der Waals surface area contributed by atoms with Gasteiger partial charge in [0.25, 0.3) is 0 Å². The van der Waals surface area contributed by atoms with Crippen LogP contribution in [-0.4, -0.2) is 50.0 Å². The van der Waals surface area contributed by atoms with Gasteiger partial charge in [-0.15, -0.1) is 0 Å². The molecular weight excluding hydrogens is 341 g/mol. The fraction of sp³-hybridized carbons (Fsp3) is 0.650. The number of ether oxygens (including phenoxy) is 1. The molecule has 0 aromatic heterocycles. The molecule has 2 N–H and O–H groups in total. The van der Waals surface area contributed by atoms with Crippen molar-refractivity contribution in [2.75, 3.05) is 25.1 Å². The minimum absolute atomic E-state index is 0.241. The Labute approximate surface area is 161 Å². The van der Waals surface area contributed by atoms with Crippen LogP contribution in [0.1, 0.15) is 46.1 Å². The molecule has 0 bridgehead atoms. The Kier molecular flexibility index (Phi) is 3.80. The number of nitrogens with zero attached hydrogens (tertiary/aromatic N) is 1. The van der Waals surface area contributed by atoms with Crippen molar-refractivity contribution in [2.24, 2.45) is 4.99 Å². The predicted octanol–water partition coefficient (Wildman–Crippen LogP) is 1.79. The van der Waals surface area contributed by atoms with Gasteiger partial charge in [0.05, 0.1) is 30.5 Å². The van der Waals surface area contributed by atoms with E-state index in [1.165, 1.54) is 12.0 Å². The lowest BCUT2D eigenvalue weighted by Gasteiger charge is -2.43. The molecule has 1 aromatic rings. The number of rotatable bonds is 2. The molecule has 7 heteroatoms. The average molecular weight is 369 g/mol. The van der Waals surface area contributed by atoms with Crippen LogP contribution in [0.2, 0.25) is 0 Å². The topological polar surface area (TPSA) is 64.1 Å². The second-order valence-corrected chi connectivity index (χ2v) is 9.19. The monoisotopic (exact) mass is 369 g/mol. The summed E-state index contributed by atoms with van der Waals surface area (Å²) in [4.78, 5) is 5.07. The van der Waals surface area contributed by atoms with Gasteiger partial charge in [0.1, 0.15) is 11.4 Å². The van der Waals surface area contributed by atoms with E-state index in [1.54, 1.807) is 0 Å². The molecule has 0 aliphatic carbocycles. The Bertz CT molecular complexity index is 782. The van der Waals surface area contributed by atoms with E-state index in [2.05, 4.69) is 56.5 Å². The number of hydrogen-bond donors (Lipinski definition) is 2. The third kappa shape index (κ3) is 2.67. The summed E-state index contributed by atoms with van der Waals surface area (Å²) >= 11 is 0. The van der Waals surface area contributed by atoms with Crippen LogP contribution in [0.5, 0.6) is 0 Å². The maximum absolute atomic E-state index is 6.24. The van der Waals surface area contributed by atoms with Crippen LogP contribution in [0.25, 0.3) is 0 Å². The van der Waals surface area contributed by atoms with Crippen LogP contribution in [-0.2, 0) is 19.6 Å². The van der Waals surface area contributed by atoms with E-state index in [-0.39, 0.29) is 23.9 Å². The minimum atomic E-state index is -0.359. The first-order chi connectivity index (χ1) is 12.8. The van der Waals surface area contributed by atoms with Crippen molar-refractivity contribution in [2.45, 2.75) is 63.3 Å². The molecule has 4 aliphatic heterocycles. The van der Waals surface area contributed by atoms with E-state index in [9.17, 15) is 0 Å². The molecule has 27 heavy (non-hydrogen) atoms. The van der Waals surface area contributed by atoms with Gasteiger partial charge < -0.3 is 24.7 Å². The normalized spacial score (nSPS) is 29.9. The lowest BCUT2D eigenvalue weighted by Crippen LogP contribution is -2.52. The van der Waals surface area contributed by atoms with Gasteiger partial charge in [-0.3, -0.25) is 4.99 Å². The summed E-state index contributed by atoms with van der Waals surface area (Å²) in [5.41, 5.74) is 2.42. The maximum atomic E-state index is 6.24. The SMILES string of the molecule is CC1(C)OB(c2ccc3c(c2)NC(C2CCCN2)=NC32COC2)OC1(C)C.